The molecule has 1 aromatic heterocycles. The van der Waals surface area contributed by atoms with Gasteiger partial charge in [0.05, 0.1) is 12.7 Å². The summed E-state index contributed by atoms with van der Waals surface area (Å²) < 4.78 is 25.6. The second-order valence-electron chi connectivity index (χ2n) is 3.68. The van der Waals surface area contributed by atoms with Crippen molar-refractivity contribution in [1.82, 2.24) is 10.3 Å². The Bertz CT molecular complexity index is 407. The fourth-order valence-corrected chi connectivity index (χ4v) is 1.22. The molecule has 1 amide bonds. The fourth-order valence-electron chi connectivity index (χ4n) is 1.22. The first-order valence-corrected chi connectivity index (χ1v) is 4.99. The molecule has 1 heterocycles. The minimum atomic E-state index is -0.806. The maximum Gasteiger partial charge on any atom is 0.239 e. The molecule has 0 atom stereocenters. The second-order valence-corrected chi connectivity index (χ2v) is 3.68. The fraction of sp³-hybridized carbons (Fsp3) is 0.400. The predicted molar refractivity (Wildman–Crippen MR) is 53.8 cm³/mol. The van der Waals surface area contributed by atoms with Crippen LogP contribution in [-0.2, 0) is 4.79 Å². The summed E-state index contributed by atoms with van der Waals surface area (Å²) in [7, 11) is 0. The van der Waals surface area contributed by atoms with Gasteiger partial charge in [-0.25, -0.2) is 13.8 Å². The smallest absolute Gasteiger partial charge is 0.239 e. The number of carbonyl (C=O) groups excluding carboxylic acids is 1. The zero-order valence-electron chi connectivity index (χ0n) is 8.46. The predicted octanol–water partition coefficient (Wildman–Crippen LogP) is 1.05. The number of carbonyl (C=O) groups is 1. The second kappa shape index (κ2) is 4.42. The zero-order valence-corrected chi connectivity index (χ0v) is 8.46. The summed E-state index contributed by atoms with van der Waals surface area (Å²) in [6.07, 6.45) is 2.88. The Labute approximate surface area is 91.1 Å². The molecule has 1 aromatic rings. The number of anilines is 1. The first-order valence-electron chi connectivity index (χ1n) is 4.99. The summed E-state index contributed by atoms with van der Waals surface area (Å²) in [5.74, 6) is -1.88. The molecule has 0 aromatic carbocycles. The first-order chi connectivity index (χ1) is 7.65. The van der Waals surface area contributed by atoms with Crippen molar-refractivity contribution < 1.29 is 13.6 Å². The van der Waals surface area contributed by atoms with Crippen LogP contribution in [-0.4, -0.2) is 23.5 Å². The third-order valence-electron chi connectivity index (χ3n) is 2.17. The number of hydrogen-bond acceptors (Lipinski definition) is 3. The Morgan fingerprint density at radius 2 is 2.25 bits per heavy atom. The molecule has 86 valence electrons. The molecule has 1 aliphatic carbocycles. The van der Waals surface area contributed by atoms with E-state index in [9.17, 15) is 13.6 Å². The molecule has 0 saturated heterocycles. The quantitative estimate of drug-likeness (QED) is 0.808. The third-order valence-corrected chi connectivity index (χ3v) is 2.17. The molecule has 0 bridgehead atoms. The summed E-state index contributed by atoms with van der Waals surface area (Å²) in [6.45, 7) is -0.0634. The summed E-state index contributed by atoms with van der Waals surface area (Å²) in [4.78, 5) is 14.8. The van der Waals surface area contributed by atoms with Gasteiger partial charge < -0.3 is 10.6 Å². The summed E-state index contributed by atoms with van der Waals surface area (Å²) >= 11 is 0. The molecule has 1 fully saturated rings. The summed E-state index contributed by atoms with van der Waals surface area (Å²) in [6, 6.07) is 0.981. The molecule has 0 unspecified atom stereocenters. The average Bonchev–Trinajstić information content (AvgIpc) is 3.00. The SMILES string of the molecule is O=C(CNc1ncc(F)cc1F)NC1CC1. The number of pyridine rings is 1. The van der Waals surface area contributed by atoms with Crippen LogP contribution in [0.4, 0.5) is 14.6 Å². The summed E-state index contributed by atoms with van der Waals surface area (Å²) in [5, 5.41) is 5.24. The van der Waals surface area contributed by atoms with Crippen molar-refractivity contribution in [3.63, 3.8) is 0 Å². The lowest BCUT2D eigenvalue weighted by Crippen LogP contribution is -2.31. The number of rotatable bonds is 4. The molecular formula is C10H11F2N3O. The van der Waals surface area contributed by atoms with Gasteiger partial charge in [-0.1, -0.05) is 0 Å². The van der Waals surface area contributed by atoms with Crippen molar-refractivity contribution in [3.8, 4) is 0 Å². The zero-order chi connectivity index (χ0) is 11.5. The Kier molecular flexibility index (Phi) is 2.98. The highest BCUT2D eigenvalue weighted by atomic mass is 19.1. The van der Waals surface area contributed by atoms with E-state index in [2.05, 4.69) is 15.6 Å². The highest BCUT2D eigenvalue weighted by molar-refractivity contribution is 5.80. The van der Waals surface area contributed by atoms with Crippen molar-refractivity contribution >= 4 is 11.7 Å². The van der Waals surface area contributed by atoms with E-state index in [1.165, 1.54) is 0 Å². The molecule has 1 saturated carbocycles. The van der Waals surface area contributed by atoms with Gasteiger partial charge in [-0.3, -0.25) is 4.79 Å². The van der Waals surface area contributed by atoms with E-state index in [4.69, 9.17) is 0 Å². The van der Waals surface area contributed by atoms with E-state index < -0.39 is 11.6 Å². The molecule has 1 aliphatic rings. The standard InChI is InChI=1S/C10H11F2N3O/c11-6-3-8(12)10(13-4-6)14-5-9(16)15-7-1-2-7/h3-4,7H,1-2,5H2,(H,13,14)(H,15,16). The minimum absolute atomic E-state index is 0.0634. The van der Waals surface area contributed by atoms with Crippen LogP contribution in [0.25, 0.3) is 0 Å². The van der Waals surface area contributed by atoms with Crippen molar-refractivity contribution in [2.75, 3.05) is 11.9 Å². The van der Waals surface area contributed by atoms with Gasteiger partial charge in [0.25, 0.3) is 0 Å². The highest BCUT2D eigenvalue weighted by Crippen LogP contribution is 2.18. The van der Waals surface area contributed by atoms with Gasteiger partial charge >= 0.3 is 0 Å². The Balaban J connectivity index is 1.85. The van der Waals surface area contributed by atoms with Gasteiger partial charge in [0.1, 0.15) is 5.82 Å². The van der Waals surface area contributed by atoms with E-state index >= 15 is 0 Å². The van der Waals surface area contributed by atoms with Gasteiger partial charge in [0, 0.05) is 12.1 Å². The Morgan fingerprint density at radius 1 is 1.50 bits per heavy atom. The van der Waals surface area contributed by atoms with Gasteiger partial charge in [-0.05, 0) is 12.8 Å². The van der Waals surface area contributed by atoms with Crippen LogP contribution in [0.3, 0.4) is 0 Å². The lowest BCUT2D eigenvalue weighted by molar-refractivity contribution is -0.119. The van der Waals surface area contributed by atoms with Crippen molar-refractivity contribution in [1.29, 1.82) is 0 Å². The van der Waals surface area contributed by atoms with E-state index in [1.54, 1.807) is 0 Å². The molecule has 2 rings (SSSR count). The van der Waals surface area contributed by atoms with Gasteiger partial charge in [0.15, 0.2) is 11.6 Å². The number of hydrogen-bond donors (Lipinski definition) is 2. The third kappa shape index (κ3) is 2.88. The number of amides is 1. The van der Waals surface area contributed by atoms with Crippen LogP contribution in [0, 0.1) is 11.6 Å². The van der Waals surface area contributed by atoms with Crippen LogP contribution in [0.2, 0.25) is 0 Å². The van der Waals surface area contributed by atoms with Crippen LogP contribution >= 0.6 is 0 Å². The van der Waals surface area contributed by atoms with Crippen LogP contribution in [0.15, 0.2) is 12.3 Å². The van der Waals surface area contributed by atoms with Gasteiger partial charge in [-0.15, -0.1) is 0 Å². The topological polar surface area (TPSA) is 54.0 Å². The van der Waals surface area contributed by atoms with Crippen molar-refractivity contribution in [2.45, 2.75) is 18.9 Å². The molecule has 0 aliphatic heterocycles. The lowest BCUT2D eigenvalue weighted by atomic mass is 10.4. The van der Waals surface area contributed by atoms with Gasteiger partial charge in [0.2, 0.25) is 5.91 Å². The minimum Gasteiger partial charge on any atom is -0.359 e. The molecule has 4 nitrogen and oxygen atoms in total. The average molecular weight is 227 g/mol. The summed E-state index contributed by atoms with van der Waals surface area (Å²) in [5.41, 5.74) is 0. The van der Waals surface area contributed by atoms with Crippen LogP contribution < -0.4 is 10.6 Å². The number of aromatic nitrogens is 1. The maximum atomic E-state index is 13.1. The molecule has 0 radical (unpaired) electrons. The highest BCUT2D eigenvalue weighted by Gasteiger charge is 2.23. The van der Waals surface area contributed by atoms with Crippen molar-refractivity contribution in [2.24, 2.45) is 0 Å². The number of nitrogens with one attached hydrogen (secondary N) is 2. The van der Waals surface area contributed by atoms with Crippen LogP contribution in [0.5, 0.6) is 0 Å². The molecular weight excluding hydrogens is 216 g/mol. The number of halogens is 2. The van der Waals surface area contributed by atoms with E-state index in [0.717, 1.165) is 19.0 Å². The normalized spacial score (nSPS) is 14.6. The Hall–Kier alpha value is -1.72. The van der Waals surface area contributed by atoms with E-state index in [0.29, 0.717) is 6.07 Å². The molecule has 0 spiro atoms. The molecule has 16 heavy (non-hydrogen) atoms. The number of nitrogens with zero attached hydrogens (tertiary/aromatic N) is 1. The molecule has 6 heteroatoms. The van der Waals surface area contributed by atoms with E-state index in [-0.39, 0.29) is 24.3 Å². The molecule has 2 N–H and O–H groups in total. The van der Waals surface area contributed by atoms with E-state index in [1.807, 2.05) is 0 Å². The first kappa shape index (κ1) is 10.8. The monoisotopic (exact) mass is 227 g/mol. The largest absolute Gasteiger partial charge is 0.359 e. The maximum absolute atomic E-state index is 13.1. The van der Waals surface area contributed by atoms with Crippen molar-refractivity contribution in [3.05, 3.63) is 23.9 Å². The lowest BCUT2D eigenvalue weighted by Gasteiger charge is -2.06. The van der Waals surface area contributed by atoms with Gasteiger partial charge in [-0.2, -0.15) is 0 Å². The Morgan fingerprint density at radius 3 is 2.88 bits per heavy atom. The van der Waals surface area contributed by atoms with Crippen LogP contribution in [0.1, 0.15) is 12.8 Å².